The summed E-state index contributed by atoms with van der Waals surface area (Å²) in [6.07, 6.45) is 17.5. The van der Waals surface area contributed by atoms with Crippen LogP contribution in [0.5, 0.6) is 0 Å². The van der Waals surface area contributed by atoms with Gasteiger partial charge in [0.05, 0.1) is 11.1 Å². The maximum absolute atomic E-state index is 9.33. The quantitative estimate of drug-likeness (QED) is 0.331. The van der Waals surface area contributed by atoms with E-state index in [1.807, 2.05) is 12.1 Å². The molecule has 0 amide bonds. The van der Waals surface area contributed by atoms with Gasteiger partial charge in [-0.25, -0.2) is 0 Å². The highest BCUT2D eigenvalue weighted by molar-refractivity contribution is 5.50. The van der Waals surface area contributed by atoms with Gasteiger partial charge >= 0.3 is 0 Å². The molecule has 2 nitrogen and oxygen atoms in total. The van der Waals surface area contributed by atoms with E-state index in [0.29, 0.717) is 11.1 Å². The van der Waals surface area contributed by atoms with E-state index in [1.165, 1.54) is 88.2 Å². The van der Waals surface area contributed by atoms with E-state index in [9.17, 15) is 10.5 Å². The fraction of sp³-hybridized carbons (Fsp3) is 0.667. The van der Waals surface area contributed by atoms with E-state index in [-0.39, 0.29) is 0 Å². The second-order valence-electron chi connectivity index (χ2n) is 7.43. The van der Waals surface area contributed by atoms with Gasteiger partial charge in [-0.15, -0.1) is 0 Å². The number of nitrogens with zero attached hydrogens (tertiary/aromatic N) is 2. The molecule has 0 saturated heterocycles. The first-order valence-corrected chi connectivity index (χ1v) is 10.7. The molecule has 26 heavy (non-hydrogen) atoms. The van der Waals surface area contributed by atoms with E-state index in [0.717, 1.165) is 12.8 Å². The zero-order chi connectivity index (χ0) is 19.0. The van der Waals surface area contributed by atoms with Gasteiger partial charge in [-0.05, 0) is 48.9 Å². The predicted molar refractivity (Wildman–Crippen MR) is 110 cm³/mol. The lowest BCUT2D eigenvalue weighted by Crippen LogP contribution is -1.99. The summed E-state index contributed by atoms with van der Waals surface area (Å²) < 4.78 is 0. The third kappa shape index (κ3) is 8.53. The Balaban J connectivity index is 2.63. The highest BCUT2D eigenvalue weighted by Crippen LogP contribution is 2.22. The summed E-state index contributed by atoms with van der Waals surface area (Å²) in [5.74, 6) is 0. The highest BCUT2D eigenvalue weighted by Gasteiger charge is 2.10. The van der Waals surface area contributed by atoms with Crippen LogP contribution in [0.3, 0.4) is 0 Å². The smallest absolute Gasteiger partial charge is 0.101 e. The number of aryl methyl sites for hydroxylation is 2. The molecule has 0 aliphatic heterocycles. The second-order valence-corrected chi connectivity index (χ2v) is 7.43. The van der Waals surface area contributed by atoms with Crippen molar-refractivity contribution in [3.63, 3.8) is 0 Å². The summed E-state index contributed by atoms with van der Waals surface area (Å²) in [5.41, 5.74) is 3.68. The zero-order valence-corrected chi connectivity index (χ0v) is 16.9. The van der Waals surface area contributed by atoms with Crippen LogP contribution >= 0.6 is 0 Å². The number of benzene rings is 1. The van der Waals surface area contributed by atoms with Crippen molar-refractivity contribution in [2.75, 3.05) is 0 Å². The van der Waals surface area contributed by atoms with E-state index in [2.05, 4.69) is 26.0 Å². The van der Waals surface area contributed by atoms with Gasteiger partial charge in [0.25, 0.3) is 0 Å². The number of hydrogen-bond donors (Lipinski definition) is 0. The molecule has 1 aromatic rings. The van der Waals surface area contributed by atoms with Crippen LogP contribution in [0, 0.1) is 22.7 Å². The average molecular weight is 353 g/mol. The lowest BCUT2D eigenvalue weighted by Gasteiger charge is -2.12. The second kappa shape index (κ2) is 14.4. The van der Waals surface area contributed by atoms with Crippen LogP contribution < -0.4 is 0 Å². The van der Waals surface area contributed by atoms with E-state index in [1.54, 1.807) is 0 Å². The van der Waals surface area contributed by atoms with Crippen molar-refractivity contribution in [1.29, 1.82) is 10.5 Å². The summed E-state index contributed by atoms with van der Waals surface area (Å²) in [4.78, 5) is 0. The summed E-state index contributed by atoms with van der Waals surface area (Å²) in [6, 6.07) is 8.37. The van der Waals surface area contributed by atoms with Gasteiger partial charge in [-0.1, -0.05) is 78.1 Å². The first-order chi connectivity index (χ1) is 12.8. The van der Waals surface area contributed by atoms with Crippen molar-refractivity contribution in [3.8, 4) is 12.1 Å². The molecule has 0 aromatic heterocycles. The average Bonchev–Trinajstić information content (AvgIpc) is 2.67. The largest absolute Gasteiger partial charge is 0.192 e. The Kier molecular flexibility index (Phi) is 12.3. The Bertz CT molecular complexity index is 536. The van der Waals surface area contributed by atoms with Crippen LogP contribution in [0.1, 0.15) is 113 Å². The van der Waals surface area contributed by atoms with Crippen LogP contribution in [0.15, 0.2) is 12.1 Å². The SMILES string of the molecule is CCCCCCCCc1cc(C#N)c(C#N)cc1CCCCCCCC. The molecule has 0 heterocycles. The molecular formula is C24H36N2. The normalized spacial score (nSPS) is 10.5. The molecule has 0 N–H and O–H groups in total. The molecule has 142 valence electrons. The minimum absolute atomic E-state index is 0.542. The Labute approximate surface area is 161 Å². The lowest BCUT2D eigenvalue weighted by molar-refractivity contribution is 0.599. The molecule has 0 saturated carbocycles. The Hall–Kier alpha value is -1.80. The van der Waals surface area contributed by atoms with Crippen LogP contribution in [-0.4, -0.2) is 0 Å². The van der Waals surface area contributed by atoms with Crippen molar-refractivity contribution < 1.29 is 0 Å². The minimum Gasteiger partial charge on any atom is -0.192 e. The molecular weight excluding hydrogens is 316 g/mol. The van der Waals surface area contributed by atoms with Crippen molar-refractivity contribution in [2.45, 2.75) is 104 Å². The molecule has 0 atom stereocenters. The van der Waals surface area contributed by atoms with Gasteiger partial charge in [-0.2, -0.15) is 10.5 Å². The van der Waals surface area contributed by atoms with Gasteiger partial charge in [0.2, 0.25) is 0 Å². The summed E-state index contributed by atoms with van der Waals surface area (Å²) in [7, 11) is 0. The molecule has 2 heteroatoms. The number of nitriles is 2. The minimum atomic E-state index is 0.542. The molecule has 0 aliphatic carbocycles. The summed E-state index contributed by atoms with van der Waals surface area (Å²) in [6.45, 7) is 4.49. The third-order valence-corrected chi connectivity index (χ3v) is 5.18. The molecule has 0 spiro atoms. The third-order valence-electron chi connectivity index (χ3n) is 5.18. The van der Waals surface area contributed by atoms with Gasteiger partial charge in [0, 0.05) is 0 Å². The van der Waals surface area contributed by atoms with Gasteiger partial charge in [-0.3, -0.25) is 0 Å². The maximum atomic E-state index is 9.33. The van der Waals surface area contributed by atoms with Crippen molar-refractivity contribution in [2.24, 2.45) is 0 Å². The van der Waals surface area contributed by atoms with E-state index in [4.69, 9.17) is 0 Å². The number of rotatable bonds is 14. The molecule has 0 radical (unpaired) electrons. The first kappa shape index (κ1) is 22.2. The Morgan fingerprint density at radius 3 is 1.27 bits per heavy atom. The van der Waals surface area contributed by atoms with Gasteiger partial charge < -0.3 is 0 Å². The number of hydrogen-bond acceptors (Lipinski definition) is 2. The maximum Gasteiger partial charge on any atom is 0.101 e. The van der Waals surface area contributed by atoms with Crippen molar-refractivity contribution in [1.82, 2.24) is 0 Å². The highest BCUT2D eigenvalue weighted by atomic mass is 14.3. The Morgan fingerprint density at radius 1 is 0.577 bits per heavy atom. The monoisotopic (exact) mass is 352 g/mol. The van der Waals surface area contributed by atoms with E-state index < -0.39 is 0 Å². The molecule has 1 aromatic carbocycles. The summed E-state index contributed by atoms with van der Waals surface area (Å²) >= 11 is 0. The molecule has 0 aliphatic rings. The zero-order valence-electron chi connectivity index (χ0n) is 16.9. The fourth-order valence-electron chi connectivity index (χ4n) is 3.53. The summed E-state index contributed by atoms with van der Waals surface area (Å²) in [5, 5.41) is 18.7. The first-order valence-electron chi connectivity index (χ1n) is 10.7. The fourth-order valence-corrected chi connectivity index (χ4v) is 3.53. The van der Waals surface area contributed by atoms with Crippen LogP contribution in [0.4, 0.5) is 0 Å². The number of unbranched alkanes of at least 4 members (excludes halogenated alkanes) is 10. The molecule has 0 unspecified atom stereocenters. The predicted octanol–water partition coefficient (Wildman–Crippen LogP) is 7.24. The Morgan fingerprint density at radius 2 is 0.923 bits per heavy atom. The van der Waals surface area contributed by atoms with Gasteiger partial charge in [0.15, 0.2) is 0 Å². The van der Waals surface area contributed by atoms with Crippen molar-refractivity contribution in [3.05, 3.63) is 34.4 Å². The topological polar surface area (TPSA) is 47.6 Å². The molecule has 0 bridgehead atoms. The van der Waals surface area contributed by atoms with Crippen LogP contribution in [0.2, 0.25) is 0 Å². The van der Waals surface area contributed by atoms with E-state index >= 15 is 0 Å². The van der Waals surface area contributed by atoms with Gasteiger partial charge in [0.1, 0.15) is 12.1 Å². The lowest BCUT2D eigenvalue weighted by atomic mass is 9.92. The molecule has 0 fully saturated rings. The van der Waals surface area contributed by atoms with Crippen LogP contribution in [-0.2, 0) is 12.8 Å². The molecule has 1 rings (SSSR count). The standard InChI is InChI=1S/C24H36N2/c1-3-5-7-9-11-13-15-21-17-23(19-25)24(20-26)18-22(21)16-14-12-10-8-6-4-2/h17-18H,3-16H2,1-2H3. The van der Waals surface area contributed by atoms with Crippen LogP contribution in [0.25, 0.3) is 0 Å². The van der Waals surface area contributed by atoms with Crippen molar-refractivity contribution >= 4 is 0 Å².